The van der Waals surface area contributed by atoms with Crippen LogP contribution in [0.3, 0.4) is 0 Å². The minimum absolute atomic E-state index is 0.715. The third kappa shape index (κ3) is 4.47. The van der Waals surface area contributed by atoms with E-state index in [0.717, 1.165) is 83.3 Å². The molecular weight excluding hydrogens is 673 g/mol. The summed E-state index contributed by atoms with van der Waals surface area (Å²) in [6.07, 6.45) is 0. The minimum atomic E-state index is 0.715. The van der Waals surface area contributed by atoms with E-state index in [2.05, 4.69) is 161 Å². The number of hydrogen-bond acceptors (Lipinski definition) is 3. The Balaban J connectivity index is 1.14. The van der Waals surface area contributed by atoms with Crippen molar-refractivity contribution in [2.75, 3.05) is 0 Å². The first kappa shape index (κ1) is 30.0. The van der Waals surface area contributed by atoms with E-state index < -0.39 is 0 Å². The number of pyridine rings is 2. The number of fused-ring (bicyclic) bond motifs is 10. The van der Waals surface area contributed by atoms with Gasteiger partial charge in [-0.2, -0.15) is 0 Å². The second-order valence-electron chi connectivity index (χ2n) is 14.2. The van der Waals surface area contributed by atoms with Crippen molar-refractivity contribution in [3.05, 3.63) is 182 Å². The van der Waals surface area contributed by atoms with Gasteiger partial charge in [-0.05, 0) is 66.2 Å². The lowest BCUT2D eigenvalue weighted by Gasteiger charge is -2.15. The fraction of sp³-hybridized carbons (Fsp3) is 0. The molecule has 0 aliphatic heterocycles. The molecule has 5 aromatic heterocycles. The van der Waals surface area contributed by atoms with Crippen LogP contribution in [0.15, 0.2) is 186 Å². The van der Waals surface area contributed by atoms with Crippen LogP contribution in [0.25, 0.3) is 110 Å². The molecule has 0 radical (unpaired) electrons. The van der Waals surface area contributed by atoms with Gasteiger partial charge in [0.2, 0.25) is 0 Å². The fourth-order valence-electron chi connectivity index (χ4n) is 8.63. The van der Waals surface area contributed by atoms with Crippen molar-refractivity contribution in [2.24, 2.45) is 0 Å². The van der Waals surface area contributed by atoms with E-state index >= 15 is 0 Å². The molecule has 0 aliphatic carbocycles. The monoisotopic (exact) mass is 702 g/mol. The van der Waals surface area contributed by atoms with Crippen LogP contribution in [0.4, 0.5) is 0 Å². The Morgan fingerprint density at radius 3 is 1.75 bits per heavy atom. The number of para-hydroxylation sites is 4. The van der Waals surface area contributed by atoms with E-state index in [1.165, 1.54) is 21.5 Å². The van der Waals surface area contributed by atoms with Crippen molar-refractivity contribution in [3.63, 3.8) is 0 Å². The second-order valence-corrected chi connectivity index (χ2v) is 14.2. The smallest absolute Gasteiger partial charge is 0.162 e. The van der Waals surface area contributed by atoms with Gasteiger partial charge in [0.15, 0.2) is 5.65 Å². The fourth-order valence-corrected chi connectivity index (χ4v) is 8.63. The Kier molecular flexibility index (Phi) is 6.27. The third-order valence-corrected chi connectivity index (χ3v) is 11.1. The summed E-state index contributed by atoms with van der Waals surface area (Å²) in [5.41, 5.74) is 12.2. The largest absolute Gasteiger partial charge is 0.456 e. The molecule has 5 heteroatoms. The summed E-state index contributed by atoms with van der Waals surface area (Å²) in [5.74, 6) is 0.826. The third-order valence-electron chi connectivity index (χ3n) is 11.1. The Morgan fingerprint density at radius 1 is 0.382 bits per heavy atom. The summed E-state index contributed by atoms with van der Waals surface area (Å²) < 4.78 is 11.2. The van der Waals surface area contributed by atoms with Crippen molar-refractivity contribution in [1.29, 1.82) is 0 Å². The van der Waals surface area contributed by atoms with Gasteiger partial charge in [-0.3, -0.25) is 4.57 Å². The van der Waals surface area contributed by atoms with Crippen molar-refractivity contribution in [2.45, 2.75) is 0 Å². The van der Waals surface area contributed by atoms with Crippen LogP contribution in [0.2, 0.25) is 0 Å². The average molecular weight is 703 g/mol. The van der Waals surface area contributed by atoms with Crippen molar-refractivity contribution in [1.82, 2.24) is 19.1 Å². The van der Waals surface area contributed by atoms with Crippen LogP contribution in [0.1, 0.15) is 0 Å². The van der Waals surface area contributed by atoms with Crippen molar-refractivity contribution in [3.8, 4) is 33.9 Å². The highest BCUT2D eigenvalue weighted by Gasteiger charge is 2.21. The summed E-state index contributed by atoms with van der Waals surface area (Å²) >= 11 is 0. The SMILES string of the molecule is c1ccc(-c2ccc3ccc(-n4c5ccccc5c5ccc(-c6cc7c(cc6-n6c8ccccc8c8ccccc86)oc6ccccc67)cc54)nc3n2)cc1. The van der Waals surface area contributed by atoms with E-state index in [1.54, 1.807) is 0 Å². The van der Waals surface area contributed by atoms with Gasteiger partial charge in [0.1, 0.15) is 17.0 Å². The molecule has 0 spiro atoms. The highest BCUT2D eigenvalue weighted by atomic mass is 16.3. The summed E-state index contributed by atoms with van der Waals surface area (Å²) in [6.45, 7) is 0. The Hall–Kier alpha value is -7.50. The zero-order valence-electron chi connectivity index (χ0n) is 29.5. The molecule has 0 unspecified atom stereocenters. The van der Waals surface area contributed by atoms with Crippen molar-refractivity contribution < 1.29 is 4.42 Å². The highest BCUT2D eigenvalue weighted by Crippen LogP contribution is 2.42. The Bertz CT molecular complexity index is 3440. The van der Waals surface area contributed by atoms with Gasteiger partial charge in [-0.1, -0.05) is 115 Å². The number of hydrogen-bond donors (Lipinski definition) is 0. The number of furan rings is 1. The number of benzene rings is 7. The number of aromatic nitrogens is 4. The van der Waals surface area contributed by atoms with E-state index in [4.69, 9.17) is 14.4 Å². The zero-order chi connectivity index (χ0) is 36.0. The maximum Gasteiger partial charge on any atom is 0.162 e. The molecule has 256 valence electrons. The predicted octanol–water partition coefficient (Wildman–Crippen LogP) is 13.1. The minimum Gasteiger partial charge on any atom is -0.456 e. The first-order valence-corrected chi connectivity index (χ1v) is 18.6. The van der Waals surface area contributed by atoms with Crippen LogP contribution in [0.5, 0.6) is 0 Å². The molecule has 0 atom stereocenters. The van der Waals surface area contributed by atoms with Crippen molar-refractivity contribution >= 4 is 76.6 Å². The summed E-state index contributed by atoms with van der Waals surface area (Å²) in [7, 11) is 0. The average Bonchev–Trinajstić information content (AvgIpc) is 3.90. The van der Waals surface area contributed by atoms with Crippen LogP contribution >= 0.6 is 0 Å². The van der Waals surface area contributed by atoms with Gasteiger partial charge in [-0.15, -0.1) is 0 Å². The molecule has 12 aromatic rings. The highest BCUT2D eigenvalue weighted by molar-refractivity contribution is 6.14. The molecule has 0 bridgehead atoms. The molecule has 0 aliphatic rings. The number of nitrogens with zero attached hydrogens (tertiary/aromatic N) is 4. The van der Waals surface area contributed by atoms with E-state index in [-0.39, 0.29) is 0 Å². The molecule has 0 fully saturated rings. The van der Waals surface area contributed by atoms with Gasteiger partial charge in [-0.25, -0.2) is 9.97 Å². The molecule has 0 amide bonds. The summed E-state index contributed by atoms with van der Waals surface area (Å²) in [5, 5.41) is 7.97. The van der Waals surface area contributed by atoms with Gasteiger partial charge >= 0.3 is 0 Å². The first-order valence-electron chi connectivity index (χ1n) is 18.6. The normalized spacial score (nSPS) is 12.0. The molecule has 0 saturated heterocycles. The Labute approximate surface area is 315 Å². The van der Waals surface area contributed by atoms with Gasteiger partial charge in [0.25, 0.3) is 0 Å². The molecule has 0 N–H and O–H groups in total. The molecule has 0 saturated carbocycles. The van der Waals surface area contributed by atoms with Crippen LogP contribution in [-0.4, -0.2) is 19.1 Å². The lowest BCUT2D eigenvalue weighted by molar-refractivity contribution is 0.668. The summed E-state index contributed by atoms with van der Waals surface area (Å²) in [4.78, 5) is 10.3. The lowest BCUT2D eigenvalue weighted by atomic mass is 9.98. The zero-order valence-corrected chi connectivity index (χ0v) is 29.5. The first-order chi connectivity index (χ1) is 27.3. The van der Waals surface area contributed by atoms with Crippen LogP contribution in [-0.2, 0) is 0 Å². The molecule has 55 heavy (non-hydrogen) atoms. The van der Waals surface area contributed by atoms with Gasteiger partial charge in [0.05, 0.1) is 33.4 Å². The standard InChI is InChI=1S/C50H30N4O/c1-2-12-31(13-3-1)41-26-23-32-24-27-49(52-50(32)51-41)54-44-20-10-6-16-36(44)37-25-22-33(28-45(37)54)39-29-40-38-17-7-11-21-47(38)55-48(40)30-46(39)53-42-18-8-4-14-34(42)35-15-5-9-19-43(35)53/h1-30H. The number of rotatable bonds is 4. The molecular formula is C50H30N4O. The maximum atomic E-state index is 6.53. The summed E-state index contributed by atoms with van der Waals surface area (Å²) in [6, 6.07) is 64.3. The Morgan fingerprint density at radius 2 is 1.00 bits per heavy atom. The van der Waals surface area contributed by atoms with Crippen LogP contribution < -0.4 is 0 Å². The molecule has 5 nitrogen and oxygen atoms in total. The molecule has 5 heterocycles. The maximum absolute atomic E-state index is 6.53. The lowest BCUT2D eigenvalue weighted by Crippen LogP contribution is -2.00. The van der Waals surface area contributed by atoms with Gasteiger partial charge < -0.3 is 8.98 Å². The quantitative estimate of drug-likeness (QED) is 0.183. The van der Waals surface area contributed by atoms with Crippen LogP contribution in [0, 0.1) is 0 Å². The molecule has 7 aromatic carbocycles. The molecule has 12 rings (SSSR count). The van der Waals surface area contributed by atoms with E-state index in [0.29, 0.717) is 5.65 Å². The predicted molar refractivity (Wildman–Crippen MR) is 226 cm³/mol. The topological polar surface area (TPSA) is 48.8 Å². The van der Waals surface area contributed by atoms with Gasteiger partial charge in [0, 0.05) is 54.9 Å². The van der Waals surface area contributed by atoms with E-state index in [1.807, 2.05) is 30.3 Å². The van der Waals surface area contributed by atoms with E-state index in [9.17, 15) is 0 Å². The second kappa shape index (κ2) is 11.5.